The van der Waals surface area contributed by atoms with E-state index in [0.717, 1.165) is 18.8 Å². The molecule has 0 spiro atoms. The van der Waals surface area contributed by atoms with E-state index in [1.54, 1.807) is 7.11 Å². The minimum atomic E-state index is 0.879. The molecule has 0 bridgehead atoms. The SMILES string of the molecule is COc1ccc(/C=C(/CN(C)Cc2ccccc2)c2ccc(C)cc2)cc1. The minimum absolute atomic E-state index is 0.879. The van der Waals surface area contributed by atoms with E-state index in [9.17, 15) is 0 Å². The summed E-state index contributed by atoms with van der Waals surface area (Å²) >= 11 is 0. The molecule has 0 aliphatic heterocycles. The van der Waals surface area contributed by atoms with Crippen molar-refractivity contribution < 1.29 is 4.74 Å². The number of ether oxygens (including phenoxy) is 1. The van der Waals surface area contributed by atoms with Crippen molar-refractivity contribution in [3.8, 4) is 5.75 Å². The van der Waals surface area contributed by atoms with Crippen molar-refractivity contribution in [1.29, 1.82) is 0 Å². The van der Waals surface area contributed by atoms with Gasteiger partial charge in [0.1, 0.15) is 5.75 Å². The minimum Gasteiger partial charge on any atom is -0.497 e. The number of hydrogen-bond donors (Lipinski definition) is 0. The Bertz CT molecular complexity index is 864. The predicted octanol–water partition coefficient (Wildman–Crippen LogP) is 5.68. The van der Waals surface area contributed by atoms with Gasteiger partial charge in [0.25, 0.3) is 0 Å². The summed E-state index contributed by atoms with van der Waals surface area (Å²) in [5, 5.41) is 0. The van der Waals surface area contributed by atoms with Gasteiger partial charge in [-0.2, -0.15) is 0 Å². The molecule has 0 fully saturated rings. The molecule has 0 aliphatic carbocycles. The molecule has 3 aromatic carbocycles. The topological polar surface area (TPSA) is 12.5 Å². The molecule has 3 aromatic rings. The molecule has 0 N–H and O–H groups in total. The van der Waals surface area contributed by atoms with Gasteiger partial charge in [0.05, 0.1) is 7.11 Å². The lowest BCUT2D eigenvalue weighted by atomic mass is 10.0. The van der Waals surface area contributed by atoms with E-state index in [0.29, 0.717) is 0 Å². The molecular weight excluding hydrogens is 330 g/mol. The molecule has 0 atom stereocenters. The number of benzene rings is 3. The number of methoxy groups -OCH3 is 1. The van der Waals surface area contributed by atoms with Crippen molar-refractivity contribution in [2.24, 2.45) is 0 Å². The van der Waals surface area contributed by atoms with Gasteiger partial charge in [-0.15, -0.1) is 0 Å². The summed E-state index contributed by atoms with van der Waals surface area (Å²) in [6.07, 6.45) is 2.27. The van der Waals surface area contributed by atoms with Crippen LogP contribution in [0, 0.1) is 6.92 Å². The summed E-state index contributed by atoms with van der Waals surface area (Å²) in [6, 6.07) is 27.6. The molecule has 2 heteroatoms. The van der Waals surface area contributed by atoms with Crippen LogP contribution in [0.25, 0.3) is 11.6 Å². The summed E-state index contributed by atoms with van der Waals surface area (Å²) in [5.74, 6) is 0.880. The Morgan fingerprint density at radius 2 is 1.56 bits per heavy atom. The smallest absolute Gasteiger partial charge is 0.118 e. The van der Waals surface area contributed by atoms with E-state index in [4.69, 9.17) is 4.74 Å². The quantitative estimate of drug-likeness (QED) is 0.505. The van der Waals surface area contributed by atoms with Gasteiger partial charge >= 0.3 is 0 Å². The largest absolute Gasteiger partial charge is 0.497 e. The van der Waals surface area contributed by atoms with Crippen molar-refractivity contribution in [3.63, 3.8) is 0 Å². The maximum Gasteiger partial charge on any atom is 0.118 e. The molecule has 0 aromatic heterocycles. The maximum atomic E-state index is 5.27. The summed E-state index contributed by atoms with van der Waals surface area (Å²) < 4.78 is 5.27. The fourth-order valence-electron chi connectivity index (χ4n) is 3.13. The normalized spacial score (nSPS) is 11.6. The second-order valence-corrected chi connectivity index (χ2v) is 6.97. The van der Waals surface area contributed by atoms with Gasteiger partial charge in [0.15, 0.2) is 0 Å². The predicted molar refractivity (Wildman–Crippen MR) is 115 cm³/mol. The molecule has 0 radical (unpaired) electrons. The van der Waals surface area contributed by atoms with Crippen LogP contribution >= 0.6 is 0 Å². The molecule has 0 saturated heterocycles. The van der Waals surface area contributed by atoms with Crippen LogP contribution in [-0.4, -0.2) is 25.6 Å². The number of likely N-dealkylation sites (N-methyl/N-ethyl adjacent to an activating group) is 1. The number of rotatable bonds is 7. The Balaban J connectivity index is 1.84. The first-order chi connectivity index (χ1) is 13.1. The van der Waals surface area contributed by atoms with Crippen LogP contribution in [0.1, 0.15) is 22.3 Å². The lowest BCUT2D eigenvalue weighted by molar-refractivity contribution is 0.369. The third kappa shape index (κ3) is 5.57. The third-order valence-corrected chi connectivity index (χ3v) is 4.61. The van der Waals surface area contributed by atoms with Crippen LogP contribution in [0.4, 0.5) is 0 Å². The first kappa shape index (κ1) is 18.9. The second-order valence-electron chi connectivity index (χ2n) is 6.97. The van der Waals surface area contributed by atoms with E-state index in [-0.39, 0.29) is 0 Å². The van der Waals surface area contributed by atoms with Crippen molar-refractivity contribution in [2.45, 2.75) is 13.5 Å². The van der Waals surface area contributed by atoms with Crippen molar-refractivity contribution >= 4 is 11.6 Å². The Hall–Kier alpha value is -2.84. The highest BCUT2D eigenvalue weighted by molar-refractivity contribution is 5.82. The van der Waals surface area contributed by atoms with Crippen molar-refractivity contribution in [1.82, 2.24) is 4.90 Å². The Labute approximate surface area is 162 Å². The third-order valence-electron chi connectivity index (χ3n) is 4.61. The van der Waals surface area contributed by atoms with Crippen LogP contribution in [-0.2, 0) is 6.54 Å². The highest BCUT2D eigenvalue weighted by atomic mass is 16.5. The van der Waals surface area contributed by atoms with Gasteiger partial charge in [0, 0.05) is 13.1 Å². The average Bonchev–Trinajstić information content (AvgIpc) is 2.69. The Kier molecular flexibility index (Phi) is 6.45. The van der Waals surface area contributed by atoms with Gasteiger partial charge in [-0.3, -0.25) is 4.90 Å². The fourth-order valence-corrected chi connectivity index (χ4v) is 3.13. The molecule has 0 heterocycles. The summed E-state index contributed by atoms with van der Waals surface area (Å²) in [7, 11) is 3.87. The van der Waals surface area contributed by atoms with E-state index in [1.807, 2.05) is 12.1 Å². The van der Waals surface area contributed by atoms with Crippen LogP contribution in [0.15, 0.2) is 78.9 Å². The fraction of sp³-hybridized carbons (Fsp3) is 0.200. The van der Waals surface area contributed by atoms with E-state index in [2.05, 4.69) is 91.7 Å². The van der Waals surface area contributed by atoms with Gasteiger partial charge in [-0.05, 0) is 54.4 Å². The monoisotopic (exact) mass is 357 g/mol. The van der Waals surface area contributed by atoms with Gasteiger partial charge < -0.3 is 4.74 Å². The zero-order valence-corrected chi connectivity index (χ0v) is 16.4. The molecular formula is C25H27NO. The van der Waals surface area contributed by atoms with Gasteiger partial charge in [0.2, 0.25) is 0 Å². The molecule has 2 nitrogen and oxygen atoms in total. The van der Waals surface area contributed by atoms with Gasteiger partial charge in [-0.1, -0.05) is 72.3 Å². The van der Waals surface area contributed by atoms with Crippen molar-refractivity contribution in [3.05, 3.63) is 101 Å². The van der Waals surface area contributed by atoms with Crippen molar-refractivity contribution in [2.75, 3.05) is 20.7 Å². The zero-order valence-electron chi connectivity index (χ0n) is 16.4. The summed E-state index contributed by atoms with van der Waals surface area (Å²) in [4.78, 5) is 2.35. The lowest BCUT2D eigenvalue weighted by Crippen LogP contribution is -2.20. The molecule has 0 saturated carbocycles. The first-order valence-electron chi connectivity index (χ1n) is 9.28. The standard InChI is InChI=1S/C25H27NO/c1-20-9-13-23(14-10-20)24(17-21-11-15-25(27-3)16-12-21)19-26(2)18-22-7-5-4-6-8-22/h4-17H,18-19H2,1-3H3/b24-17-. The van der Waals surface area contributed by atoms with Crippen LogP contribution in [0.2, 0.25) is 0 Å². The van der Waals surface area contributed by atoms with Crippen LogP contribution in [0.5, 0.6) is 5.75 Å². The highest BCUT2D eigenvalue weighted by Gasteiger charge is 2.07. The highest BCUT2D eigenvalue weighted by Crippen LogP contribution is 2.22. The molecule has 138 valence electrons. The average molecular weight is 357 g/mol. The number of hydrogen-bond acceptors (Lipinski definition) is 2. The Morgan fingerprint density at radius 1 is 0.889 bits per heavy atom. The molecule has 3 rings (SSSR count). The van der Waals surface area contributed by atoms with Gasteiger partial charge in [-0.25, -0.2) is 0 Å². The maximum absolute atomic E-state index is 5.27. The number of nitrogens with zero attached hydrogens (tertiary/aromatic N) is 1. The first-order valence-corrected chi connectivity index (χ1v) is 9.28. The molecule has 0 amide bonds. The van der Waals surface area contributed by atoms with Crippen LogP contribution < -0.4 is 4.74 Å². The zero-order chi connectivity index (χ0) is 19.1. The lowest BCUT2D eigenvalue weighted by Gasteiger charge is -2.20. The van der Waals surface area contributed by atoms with E-state index >= 15 is 0 Å². The van der Waals surface area contributed by atoms with E-state index in [1.165, 1.54) is 27.8 Å². The molecule has 0 unspecified atom stereocenters. The summed E-state index contributed by atoms with van der Waals surface area (Å²) in [6.45, 7) is 3.93. The summed E-state index contributed by atoms with van der Waals surface area (Å²) in [5.41, 5.74) is 6.35. The second kappa shape index (κ2) is 9.20. The number of aryl methyl sites for hydroxylation is 1. The molecule has 27 heavy (non-hydrogen) atoms. The molecule has 0 aliphatic rings. The van der Waals surface area contributed by atoms with Crippen LogP contribution in [0.3, 0.4) is 0 Å². The Morgan fingerprint density at radius 3 is 2.19 bits per heavy atom. The van der Waals surface area contributed by atoms with E-state index < -0.39 is 0 Å².